The Labute approximate surface area is 198 Å². The van der Waals surface area contributed by atoms with Crippen LogP contribution < -0.4 is 14.8 Å². The van der Waals surface area contributed by atoms with Crippen molar-refractivity contribution in [3.8, 4) is 17.6 Å². The van der Waals surface area contributed by atoms with Crippen molar-refractivity contribution in [3.63, 3.8) is 0 Å². The van der Waals surface area contributed by atoms with E-state index in [-0.39, 0.29) is 18.0 Å². The molecule has 0 heterocycles. The van der Waals surface area contributed by atoms with Crippen LogP contribution in [-0.4, -0.2) is 13.0 Å². The number of amides is 1. The van der Waals surface area contributed by atoms with E-state index in [0.717, 1.165) is 0 Å². The maximum Gasteiger partial charge on any atom is 0.266 e. The first-order valence-electron chi connectivity index (χ1n) is 9.33. The van der Waals surface area contributed by atoms with Crippen LogP contribution in [0.4, 0.5) is 10.1 Å². The SMILES string of the molecule is COc1cc(/C=C(\C#N)C(=O)Nc2cccc(Cl)c2)c(Br)cc1OCc1cccc(F)c1. The van der Waals surface area contributed by atoms with Crippen molar-refractivity contribution in [2.45, 2.75) is 6.61 Å². The molecule has 0 fully saturated rings. The highest BCUT2D eigenvalue weighted by Crippen LogP contribution is 2.35. The number of hydrogen-bond acceptors (Lipinski definition) is 4. The van der Waals surface area contributed by atoms with Gasteiger partial charge in [-0.15, -0.1) is 0 Å². The van der Waals surface area contributed by atoms with E-state index in [4.69, 9.17) is 21.1 Å². The molecule has 0 radical (unpaired) electrons. The number of carbonyl (C=O) groups excluding carboxylic acids is 1. The topological polar surface area (TPSA) is 71.3 Å². The predicted molar refractivity (Wildman–Crippen MR) is 125 cm³/mol. The van der Waals surface area contributed by atoms with E-state index in [0.29, 0.717) is 37.8 Å². The number of benzene rings is 3. The van der Waals surface area contributed by atoms with Crippen molar-refractivity contribution < 1.29 is 18.7 Å². The summed E-state index contributed by atoms with van der Waals surface area (Å²) in [6.45, 7) is 0.140. The number of nitriles is 1. The number of halogens is 3. The van der Waals surface area contributed by atoms with Gasteiger partial charge in [-0.2, -0.15) is 5.26 Å². The lowest BCUT2D eigenvalue weighted by Gasteiger charge is -2.13. The minimum Gasteiger partial charge on any atom is -0.493 e. The van der Waals surface area contributed by atoms with Crippen molar-refractivity contribution in [1.82, 2.24) is 0 Å². The molecular weight excluding hydrogens is 499 g/mol. The lowest BCUT2D eigenvalue weighted by Crippen LogP contribution is -2.13. The summed E-state index contributed by atoms with van der Waals surface area (Å²) in [5.74, 6) is -0.113. The fourth-order valence-electron chi connectivity index (χ4n) is 2.79. The van der Waals surface area contributed by atoms with Crippen molar-refractivity contribution in [1.29, 1.82) is 5.26 Å². The summed E-state index contributed by atoms with van der Waals surface area (Å²) < 4.78 is 25.1. The number of carbonyl (C=O) groups is 1. The molecule has 0 spiro atoms. The summed E-state index contributed by atoms with van der Waals surface area (Å²) in [4.78, 5) is 12.5. The van der Waals surface area contributed by atoms with Gasteiger partial charge in [0.15, 0.2) is 11.5 Å². The van der Waals surface area contributed by atoms with Crippen LogP contribution in [0.15, 0.2) is 70.7 Å². The minimum atomic E-state index is -0.577. The summed E-state index contributed by atoms with van der Waals surface area (Å²) in [7, 11) is 1.48. The summed E-state index contributed by atoms with van der Waals surface area (Å²) in [5.41, 5.74) is 1.57. The fraction of sp³-hybridized carbons (Fsp3) is 0.0833. The predicted octanol–water partition coefficient (Wildman–Crippen LogP) is 6.37. The Balaban J connectivity index is 1.82. The molecule has 8 heteroatoms. The average Bonchev–Trinajstić information content (AvgIpc) is 2.77. The third-order valence-electron chi connectivity index (χ3n) is 4.31. The molecule has 0 saturated heterocycles. The standard InChI is InChI=1S/C24H17BrClFN2O3/c1-31-22-10-16(9-17(13-28)24(30)29-20-7-3-5-18(26)11-20)21(25)12-23(22)32-14-15-4-2-6-19(27)8-15/h2-12H,14H2,1H3,(H,29,30)/b17-9+. The number of hydrogen-bond donors (Lipinski definition) is 1. The zero-order valence-corrected chi connectivity index (χ0v) is 19.2. The lowest BCUT2D eigenvalue weighted by molar-refractivity contribution is -0.112. The molecule has 0 aliphatic carbocycles. The normalized spacial score (nSPS) is 10.9. The van der Waals surface area contributed by atoms with Gasteiger partial charge >= 0.3 is 0 Å². The zero-order chi connectivity index (χ0) is 23.1. The van der Waals surface area contributed by atoms with Gasteiger partial charge in [0, 0.05) is 15.2 Å². The number of ether oxygens (including phenoxy) is 2. The van der Waals surface area contributed by atoms with Crippen molar-refractivity contribution >= 4 is 45.2 Å². The molecular formula is C24H17BrClFN2O3. The summed E-state index contributed by atoms with van der Waals surface area (Å²) in [6.07, 6.45) is 1.43. The second kappa shape index (κ2) is 10.8. The number of nitrogens with zero attached hydrogens (tertiary/aromatic N) is 1. The molecule has 0 aromatic heterocycles. The molecule has 32 heavy (non-hydrogen) atoms. The van der Waals surface area contributed by atoms with E-state index in [1.54, 1.807) is 48.5 Å². The van der Waals surface area contributed by atoms with E-state index in [9.17, 15) is 14.4 Å². The minimum absolute atomic E-state index is 0.110. The van der Waals surface area contributed by atoms with Crippen LogP contribution in [0.5, 0.6) is 11.5 Å². The van der Waals surface area contributed by atoms with Crippen LogP contribution in [-0.2, 0) is 11.4 Å². The fourth-order valence-corrected chi connectivity index (χ4v) is 3.42. The maximum absolute atomic E-state index is 13.4. The summed E-state index contributed by atoms with van der Waals surface area (Å²) in [6, 6.07) is 17.9. The number of rotatable bonds is 7. The highest BCUT2D eigenvalue weighted by Gasteiger charge is 2.14. The molecule has 0 unspecified atom stereocenters. The molecule has 0 bridgehead atoms. The first kappa shape index (κ1) is 23.3. The van der Waals surface area contributed by atoms with Crippen molar-refractivity contribution in [3.05, 3.63) is 92.7 Å². The van der Waals surface area contributed by atoms with Crippen LogP contribution in [0.3, 0.4) is 0 Å². The van der Waals surface area contributed by atoms with Gasteiger partial charge < -0.3 is 14.8 Å². The number of methoxy groups -OCH3 is 1. The highest BCUT2D eigenvalue weighted by molar-refractivity contribution is 9.10. The smallest absolute Gasteiger partial charge is 0.266 e. The third-order valence-corrected chi connectivity index (χ3v) is 5.24. The van der Waals surface area contributed by atoms with Gasteiger partial charge in [-0.3, -0.25) is 4.79 Å². The molecule has 3 aromatic carbocycles. The highest BCUT2D eigenvalue weighted by atomic mass is 79.9. The molecule has 162 valence electrons. The van der Waals surface area contributed by atoms with E-state index >= 15 is 0 Å². The molecule has 0 aliphatic heterocycles. The number of nitrogens with one attached hydrogen (secondary N) is 1. The van der Waals surface area contributed by atoms with Gasteiger partial charge in [-0.05, 0) is 59.7 Å². The molecule has 3 aromatic rings. The van der Waals surface area contributed by atoms with Crippen molar-refractivity contribution in [2.75, 3.05) is 12.4 Å². The molecule has 3 rings (SSSR count). The van der Waals surface area contributed by atoms with Crippen LogP contribution in [0.25, 0.3) is 6.08 Å². The molecule has 1 amide bonds. The van der Waals surface area contributed by atoms with Crippen molar-refractivity contribution in [2.24, 2.45) is 0 Å². The Morgan fingerprint density at radius 2 is 1.97 bits per heavy atom. The lowest BCUT2D eigenvalue weighted by atomic mass is 10.1. The first-order valence-corrected chi connectivity index (χ1v) is 10.5. The second-order valence-corrected chi connectivity index (χ2v) is 7.87. The number of anilines is 1. The van der Waals surface area contributed by atoms with Crippen LogP contribution in [0.1, 0.15) is 11.1 Å². The second-order valence-electron chi connectivity index (χ2n) is 6.58. The summed E-state index contributed by atoms with van der Waals surface area (Å²) >= 11 is 9.36. The molecule has 0 atom stereocenters. The van der Waals surface area contributed by atoms with Gasteiger partial charge in [0.05, 0.1) is 7.11 Å². The summed E-state index contributed by atoms with van der Waals surface area (Å²) in [5, 5.41) is 12.6. The van der Waals surface area contributed by atoms with Gasteiger partial charge in [0.2, 0.25) is 0 Å². The van der Waals surface area contributed by atoms with Crippen LogP contribution >= 0.6 is 27.5 Å². The van der Waals surface area contributed by atoms with E-state index in [2.05, 4.69) is 21.2 Å². The van der Waals surface area contributed by atoms with E-state index in [1.807, 2.05) is 6.07 Å². The van der Waals surface area contributed by atoms with Crippen LogP contribution in [0.2, 0.25) is 5.02 Å². The molecule has 5 nitrogen and oxygen atoms in total. The first-order chi connectivity index (χ1) is 15.4. The third kappa shape index (κ3) is 6.10. The monoisotopic (exact) mass is 514 g/mol. The Kier molecular flexibility index (Phi) is 7.87. The quantitative estimate of drug-likeness (QED) is 0.293. The maximum atomic E-state index is 13.4. The molecule has 0 aliphatic rings. The van der Waals surface area contributed by atoms with Crippen LogP contribution in [0, 0.1) is 17.1 Å². The van der Waals surface area contributed by atoms with Gasteiger partial charge in [0.1, 0.15) is 24.1 Å². The van der Waals surface area contributed by atoms with Gasteiger partial charge in [-0.1, -0.05) is 45.7 Å². The van der Waals surface area contributed by atoms with Gasteiger partial charge in [-0.25, -0.2) is 4.39 Å². The Hall–Kier alpha value is -3.34. The van der Waals surface area contributed by atoms with Gasteiger partial charge in [0.25, 0.3) is 5.91 Å². The zero-order valence-electron chi connectivity index (χ0n) is 16.9. The van der Waals surface area contributed by atoms with E-state index < -0.39 is 5.91 Å². The largest absolute Gasteiger partial charge is 0.493 e. The van der Waals surface area contributed by atoms with E-state index in [1.165, 1.54) is 25.3 Å². The Morgan fingerprint density at radius 3 is 2.66 bits per heavy atom. The molecule has 0 saturated carbocycles. The average molecular weight is 516 g/mol. The Bertz CT molecular complexity index is 1220. The Morgan fingerprint density at radius 1 is 1.19 bits per heavy atom. The molecule has 1 N–H and O–H groups in total.